The first kappa shape index (κ1) is 13.3. The van der Waals surface area contributed by atoms with E-state index >= 15 is 0 Å². The molecule has 0 bridgehead atoms. The molecule has 2 heterocycles. The highest BCUT2D eigenvalue weighted by molar-refractivity contribution is 4.75. The summed E-state index contributed by atoms with van der Waals surface area (Å²) in [5, 5.41) is 0. The fraction of sp³-hybridized carbons (Fsp3) is 1.00. The van der Waals surface area contributed by atoms with Gasteiger partial charge in [-0.25, -0.2) is 0 Å². The predicted molar refractivity (Wildman–Crippen MR) is 70.1 cm³/mol. The lowest BCUT2D eigenvalue weighted by Gasteiger charge is -2.37. The van der Waals surface area contributed by atoms with Gasteiger partial charge in [-0.05, 0) is 38.3 Å². The molecular formula is C13H27N3O. The second-order valence-corrected chi connectivity index (χ2v) is 5.34. The Morgan fingerprint density at radius 1 is 1.00 bits per heavy atom. The normalized spacial score (nSPS) is 25.2. The topological polar surface area (TPSA) is 41.7 Å². The highest BCUT2D eigenvalue weighted by Gasteiger charge is 2.21. The van der Waals surface area contributed by atoms with Crippen molar-refractivity contribution in [2.45, 2.75) is 19.3 Å². The molecule has 0 aromatic heterocycles. The quantitative estimate of drug-likeness (QED) is 0.755. The lowest BCUT2D eigenvalue weighted by atomic mass is 9.99. The summed E-state index contributed by atoms with van der Waals surface area (Å²) in [5.74, 6) is 0.874. The Morgan fingerprint density at radius 3 is 2.29 bits per heavy atom. The molecular weight excluding hydrogens is 214 g/mol. The minimum atomic E-state index is 0.822. The van der Waals surface area contributed by atoms with E-state index in [2.05, 4.69) is 9.80 Å². The number of hydrogen-bond donors (Lipinski definition) is 1. The lowest BCUT2D eigenvalue weighted by molar-refractivity contribution is 0.0423. The fourth-order valence-electron chi connectivity index (χ4n) is 2.80. The molecule has 0 unspecified atom stereocenters. The molecule has 2 rings (SSSR count). The first-order valence-corrected chi connectivity index (χ1v) is 7.11. The van der Waals surface area contributed by atoms with Crippen LogP contribution in [0.5, 0.6) is 0 Å². The van der Waals surface area contributed by atoms with E-state index in [4.69, 9.17) is 10.5 Å². The molecule has 17 heavy (non-hydrogen) atoms. The largest absolute Gasteiger partial charge is 0.381 e. The first-order valence-electron chi connectivity index (χ1n) is 7.11. The van der Waals surface area contributed by atoms with E-state index in [1.807, 2.05) is 0 Å². The predicted octanol–water partition coefficient (Wildman–Crippen LogP) is 0.379. The molecule has 100 valence electrons. The van der Waals surface area contributed by atoms with Crippen molar-refractivity contribution in [2.75, 3.05) is 59.0 Å². The van der Waals surface area contributed by atoms with Crippen LogP contribution in [0.15, 0.2) is 0 Å². The maximum absolute atomic E-state index is 5.55. The summed E-state index contributed by atoms with van der Waals surface area (Å²) in [4.78, 5) is 5.18. The first-order chi connectivity index (χ1) is 8.38. The van der Waals surface area contributed by atoms with Crippen LogP contribution in [0.3, 0.4) is 0 Å². The Hall–Kier alpha value is -0.160. The molecule has 2 saturated heterocycles. The van der Waals surface area contributed by atoms with Crippen molar-refractivity contribution >= 4 is 0 Å². The number of piperazine rings is 1. The van der Waals surface area contributed by atoms with E-state index in [1.165, 1.54) is 52.1 Å². The molecule has 2 aliphatic heterocycles. The minimum absolute atomic E-state index is 0.822. The van der Waals surface area contributed by atoms with Gasteiger partial charge in [-0.2, -0.15) is 0 Å². The van der Waals surface area contributed by atoms with Gasteiger partial charge in [-0.1, -0.05) is 0 Å². The summed E-state index contributed by atoms with van der Waals surface area (Å²) in [6, 6.07) is 0. The Bertz CT molecular complexity index is 199. The monoisotopic (exact) mass is 241 g/mol. The molecule has 0 aromatic rings. The standard InChI is InChI=1S/C13H27N3O/c14-4-1-5-15-6-8-16(9-7-15)12-13-2-10-17-11-3-13/h13H,1-12,14H2. The van der Waals surface area contributed by atoms with Crippen molar-refractivity contribution in [2.24, 2.45) is 11.7 Å². The van der Waals surface area contributed by atoms with Crippen LogP contribution in [0, 0.1) is 5.92 Å². The lowest BCUT2D eigenvalue weighted by Crippen LogP contribution is -2.48. The van der Waals surface area contributed by atoms with E-state index < -0.39 is 0 Å². The van der Waals surface area contributed by atoms with Gasteiger partial charge in [0.25, 0.3) is 0 Å². The highest BCUT2D eigenvalue weighted by Crippen LogP contribution is 2.17. The molecule has 2 aliphatic rings. The van der Waals surface area contributed by atoms with Crippen LogP contribution >= 0.6 is 0 Å². The molecule has 0 aliphatic carbocycles. The maximum atomic E-state index is 5.55. The average molecular weight is 241 g/mol. The van der Waals surface area contributed by atoms with Crippen LogP contribution in [-0.2, 0) is 4.74 Å². The summed E-state index contributed by atoms with van der Waals surface area (Å²) in [6.07, 6.45) is 3.65. The SMILES string of the molecule is NCCCN1CCN(CC2CCOCC2)CC1. The molecule has 2 fully saturated rings. The fourth-order valence-corrected chi connectivity index (χ4v) is 2.80. The summed E-state index contributed by atoms with van der Waals surface area (Å²) in [6.45, 7) is 10.2. The summed E-state index contributed by atoms with van der Waals surface area (Å²) in [7, 11) is 0. The van der Waals surface area contributed by atoms with E-state index in [0.29, 0.717) is 0 Å². The number of ether oxygens (including phenoxy) is 1. The van der Waals surface area contributed by atoms with E-state index in [9.17, 15) is 0 Å². The van der Waals surface area contributed by atoms with Gasteiger partial charge in [-0.3, -0.25) is 0 Å². The van der Waals surface area contributed by atoms with Gasteiger partial charge in [0.1, 0.15) is 0 Å². The smallest absolute Gasteiger partial charge is 0.0469 e. The molecule has 0 aromatic carbocycles. The van der Waals surface area contributed by atoms with Gasteiger partial charge in [0.15, 0.2) is 0 Å². The van der Waals surface area contributed by atoms with Crippen molar-refractivity contribution in [1.29, 1.82) is 0 Å². The second-order valence-electron chi connectivity index (χ2n) is 5.34. The Morgan fingerprint density at radius 2 is 1.65 bits per heavy atom. The number of nitrogens with zero attached hydrogens (tertiary/aromatic N) is 2. The maximum Gasteiger partial charge on any atom is 0.0469 e. The highest BCUT2D eigenvalue weighted by atomic mass is 16.5. The molecule has 0 amide bonds. The van der Waals surface area contributed by atoms with E-state index in [0.717, 1.165) is 32.1 Å². The Balaban J connectivity index is 1.61. The Kier molecular flexibility index (Phi) is 5.71. The molecule has 0 saturated carbocycles. The van der Waals surface area contributed by atoms with Gasteiger partial charge in [0.2, 0.25) is 0 Å². The zero-order valence-corrected chi connectivity index (χ0v) is 10.9. The molecule has 0 spiro atoms. The average Bonchev–Trinajstić information content (AvgIpc) is 2.39. The van der Waals surface area contributed by atoms with Crippen molar-refractivity contribution in [3.63, 3.8) is 0 Å². The molecule has 0 radical (unpaired) electrons. The van der Waals surface area contributed by atoms with Crippen LogP contribution < -0.4 is 5.73 Å². The summed E-state index contributed by atoms with van der Waals surface area (Å²) >= 11 is 0. The van der Waals surface area contributed by atoms with Gasteiger partial charge < -0.3 is 20.3 Å². The zero-order chi connectivity index (χ0) is 11.9. The van der Waals surface area contributed by atoms with Gasteiger partial charge in [-0.15, -0.1) is 0 Å². The van der Waals surface area contributed by atoms with Crippen molar-refractivity contribution in [3.8, 4) is 0 Å². The zero-order valence-electron chi connectivity index (χ0n) is 10.9. The van der Waals surface area contributed by atoms with Gasteiger partial charge in [0.05, 0.1) is 0 Å². The second kappa shape index (κ2) is 7.31. The Labute approximate surface area is 105 Å². The van der Waals surface area contributed by atoms with Crippen LogP contribution in [-0.4, -0.2) is 68.8 Å². The van der Waals surface area contributed by atoms with Gasteiger partial charge >= 0.3 is 0 Å². The molecule has 4 nitrogen and oxygen atoms in total. The van der Waals surface area contributed by atoms with Crippen LogP contribution in [0.4, 0.5) is 0 Å². The summed E-state index contributed by atoms with van der Waals surface area (Å²) < 4.78 is 5.41. The minimum Gasteiger partial charge on any atom is -0.381 e. The van der Waals surface area contributed by atoms with E-state index in [1.54, 1.807) is 0 Å². The number of rotatable bonds is 5. The third-order valence-electron chi connectivity index (χ3n) is 4.00. The van der Waals surface area contributed by atoms with Crippen LogP contribution in [0.2, 0.25) is 0 Å². The summed E-state index contributed by atoms with van der Waals surface area (Å²) in [5.41, 5.74) is 5.55. The third kappa shape index (κ3) is 4.54. The van der Waals surface area contributed by atoms with Crippen molar-refractivity contribution in [1.82, 2.24) is 9.80 Å². The van der Waals surface area contributed by atoms with Crippen molar-refractivity contribution < 1.29 is 4.74 Å². The molecule has 4 heteroatoms. The van der Waals surface area contributed by atoms with Gasteiger partial charge in [0, 0.05) is 45.9 Å². The van der Waals surface area contributed by atoms with E-state index in [-0.39, 0.29) is 0 Å². The number of nitrogens with two attached hydrogens (primary N) is 1. The van der Waals surface area contributed by atoms with Crippen molar-refractivity contribution in [3.05, 3.63) is 0 Å². The number of hydrogen-bond acceptors (Lipinski definition) is 4. The van der Waals surface area contributed by atoms with Crippen LogP contribution in [0.25, 0.3) is 0 Å². The third-order valence-corrected chi connectivity index (χ3v) is 4.00. The molecule has 0 atom stereocenters. The molecule has 2 N–H and O–H groups in total. The van der Waals surface area contributed by atoms with Crippen LogP contribution in [0.1, 0.15) is 19.3 Å².